The average Bonchev–Trinajstić information content (AvgIpc) is 2.31. The van der Waals surface area contributed by atoms with Crippen molar-refractivity contribution in [2.45, 2.75) is 12.5 Å². The van der Waals surface area contributed by atoms with Crippen molar-refractivity contribution in [3.05, 3.63) is 35.9 Å². The van der Waals surface area contributed by atoms with Gasteiger partial charge in [-0.05, 0) is 12.5 Å². The van der Waals surface area contributed by atoms with E-state index in [1.807, 2.05) is 25.1 Å². The number of benzene rings is 1. The molecular weight excluding hydrogens is 206 g/mol. The Balaban J connectivity index is 2.38. The minimum absolute atomic E-state index is 0.408. The summed E-state index contributed by atoms with van der Waals surface area (Å²) in [6, 6.07) is 10.2. The van der Waals surface area contributed by atoms with Gasteiger partial charge in [0.1, 0.15) is 5.60 Å². The van der Waals surface area contributed by atoms with Crippen LogP contribution in [0.25, 0.3) is 0 Å². The van der Waals surface area contributed by atoms with Gasteiger partial charge in [0.2, 0.25) is 0 Å². The molecule has 1 heterocycles. The van der Waals surface area contributed by atoms with Gasteiger partial charge < -0.3 is 10.1 Å². The van der Waals surface area contributed by atoms with E-state index < -0.39 is 5.60 Å². The lowest BCUT2D eigenvalue weighted by molar-refractivity contribution is -0.0178. The van der Waals surface area contributed by atoms with Crippen molar-refractivity contribution in [3.8, 4) is 0 Å². The van der Waals surface area contributed by atoms with Crippen molar-refractivity contribution in [1.29, 1.82) is 0 Å². The third-order valence-corrected chi connectivity index (χ3v) is 3.14. The SMILES string of the molecule is CC(=S)C1(c2ccccc2)CNCCO1. The molecule has 0 amide bonds. The summed E-state index contributed by atoms with van der Waals surface area (Å²) in [6.07, 6.45) is 0. The molecule has 15 heavy (non-hydrogen) atoms. The second-order valence-corrected chi connectivity index (χ2v) is 4.39. The molecule has 0 radical (unpaired) electrons. The van der Waals surface area contributed by atoms with Gasteiger partial charge in [-0.1, -0.05) is 42.5 Å². The largest absolute Gasteiger partial charge is 0.362 e. The van der Waals surface area contributed by atoms with Crippen LogP contribution < -0.4 is 5.32 Å². The van der Waals surface area contributed by atoms with Crippen LogP contribution in [-0.4, -0.2) is 24.6 Å². The Morgan fingerprint density at radius 1 is 1.40 bits per heavy atom. The summed E-state index contributed by atoms with van der Waals surface area (Å²) >= 11 is 5.34. The maximum atomic E-state index is 5.91. The number of thiocarbonyl (C=S) groups is 1. The molecule has 1 saturated heterocycles. The second kappa shape index (κ2) is 4.39. The number of rotatable bonds is 2. The molecule has 1 atom stereocenters. The maximum Gasteiger partial charge on any atom is 0.136 e. The van der Waals surface area contributed by atoms with Crippen molar-refractivity contribution >= 4 is 17.1 Å². The Labute approximate surface area is 95.6 Å². The van der Waals surface area contributed by atoms with Gasteiger partial charge in [0.05, 0.1) is 6.61 Å². The van der Waals surface area contributed by atoms with Crippen molar-refractivity contribution in [2.75, 3.05) is 19.7 Å². The Bertz CT molecular complexity index is 344. The minimum Gasteiger partial charge on any atom is -0.362 e. The molecule has 0 saturated carbocycles. The second-order valence-electron chi connectivity index (χ2n) is 3.77. The molecule has 1 aliphatic rings. The molecule has 2 nitrogen and oxygen atoms in total. The van der Waals surface area contributed by atoms with E-state index >= 15 is 0 Å². The lowest BCUT2D eigenvalue weighted by Gasteiger charge is -2.37. The summed E-state index contributed by atoms with van der Waals surface area (Å²) in [6.45, 7) is 4.34. The molecule has 2 rings (SSSR count). The van der Waals surface area contributed by atoms with Gasteiger partial charge in [-0.3, -0.25) is 0 Å². The molecule has 1 fully saturated rings. The molecule has 0 bridgehead atoms. The molecule has 80 valence electrons. The topological polar surface area (TPSA) is 21.3 Å². The molecular formula is C12H15NOS. The van der Waals surface area contributed by atoms with Crippen molar-refractivity contribution in [1.82, 2.24) is 5.32 Å². The third kappa shape index (κ3) is 1.95. The third-order valence-electron chi connectivity index (χ3n) is 2.81. The van der Waals surface area contributed by atoms with E-state index in [0.29, 0.717) is 6.61 Å². The van der Waals surface area contributed by atoms with Crippen LogP contribution in [0.2, 0.25) is 0 Å². The monoisotopic (exact) mass is 221 g/mol. The summed E-state index contributed by atoms with van der Waals surface area (Å²) in [7, 11) is 0. The lowest BCUT2D eigenvalue weighted by atomic mass is 9.89. The van der Waals surface area contributed by atoms with Crippen molar-refractivity contribution < 1.29 is 4.74 Å². The molecule has 1 unspecified atom stereocenters. The molecule has 3 heteroatoms. The van der Waals surface area contributed by atoms with Crippen LogP contribution in [0.15, 0.2) is 30.3 Å². The summed E-state index contributed by atoms with van der Waals surface area (Å²) in [5.74, 6) is 0. The van der Waals surface area contributed by atoms with Gasteiger partial charge in [0.25, 0.3) is 0 Å². The van der Waals surface area contributed by atoms with Crippen LogP contribution in [0.3, 0.4) is 0 Å². The Morgan fingerprint density at radius 2 is 2.13 bits per heavy atom. The van der Waals surface area contributed by atoms with Crippen LogP contribution in [-0.2, 0) is 10.3 Å². The molecule has 1 aromatic rings. The number of nitrogens with one attached hydrogen (secondary N) is 1. The fourth-order valence-corrected chi connectivity index (χ4v) is 2.18. The van der Waals surface area contributed by atoms with Gasteiger partial charge in [-0.15, -0.1) is 0 Å². The number of hydrogen-bond acceptors (Lipinski definition) is 3. The highest BCUT2D eigenvalue weighted by atomic mass is 32.1. The first-order chi connectivity index (χ1) is 7.26. The van der Waals surface area contributed by atoms with Crippen molar-refractivity contribution in [3.63, 3.8) is 0 Å². The van der Waals surface area contributed by atoms with Crippen LogP contribution in [0.1, 0.15) is 12.5 Å². The molecule has 0 aromatic heterocycles. The normalized spacial score (nSPS) is 26.2. The summed E-state index contributed by atoms with van der Waals surface area (Å²) < 4.78 is 5.91. The predicted octanol–water partition coefficient (Wildman–Crippen LogP) is 1.89. The summed E-state index contributed by atoms with van der Waals surface area (Å²) in [5, 5.41) is 3.34. The molecule has 1 aliphatic heterocycles. The Kier molecular flexibility index (Phi) is 3.14. The van der Waals surface area contributed by atoms with Crippen LogP contribution in [0.5, 0.6) is 0 Å². The minimum atomic E-state index is -0.408. The van der Waals surface area contributed by atoms with E-state index in [1.165, 1.54) is 0 Å². The number of morpholine rings is 1. The highest BCUT2D eigenvalue weighted by molar-refractivity contribution is 7.80. The number of ether oxygens (including phenoxy) is 1. The quantitative estimate of drug-likeness (QED) is 0.771. The van der Waals surface area contributed by atoms with E-state index in [-0.39, 0.29) is 0 Å². The van der Waals surface area contributed by atoms with Crippen LogP contribution in [0.4, 0.5) is 0 Å². The Morgan fingerprint density at radius 3 is 2.67 bits per heavy atom. The molecule has 1 N–H and O–H groups in total. The first-order valence-corrected chi connectivity index (χ1v) is 5.58. The molecule has 1 aromatic carbocycles. The molecule has 0 aliphatic carbocycles. The smallest absolute Gasteiger partial charge is 0.136 e. The van der Waals surface area contributed by atoms with Gasteiger partial charge in [0, 0.05) is 18.0 Å². The highest BCUT2D eigenvalue weighted by Gasteiger charge is 2.37. The summed E-state index contributed by atoms with van der Waals surface area (Å²) in [4.78, 5) is 0.890. The highest BCUT2D eigenvalue weighted by Crippen LogP contribution is 2.28. The van der Waals surface area contributed by atoms with E-state index in [1.54, 1.807) is 0 Å². The zero-order chi connectivity index (χ0) is 10.7. The zero-order valence-electron chi connectivity index (χ0n) is 8.82. The van der Waals surface area contributed by atoms with E-state index in [4.69, 9.17) is 17.0 Å². The van der Waals surface area contributed by atoms with E-state index in [0.717, 1.165) is 23.5 Å². The molecule has 0 spiro atoms. The van der Waals surface area contributed by atoms with Gasteiger partial charge in [0.15, 0.2) is 0 Å². The number of hydrogen-bond donors (Lipinski definition) is 1. The Hall–Kier alpha value is -0.770. The summed E-state index contributed by atoms with van der Waals surface area (Å²) in [5.41, 5.74) is 0.735. The predicted molar refractivity (Wildman–Crippen MR) is 65.2 cm³/mol. The standard InChI is InChI=1S/C12H15NOS/c1-10(15)12(9-13-7-8-14-12)11-5-3-2-4-6-11/h2-6,13H,7-9H2,1H3. The van der Waals surface area contributed by atoms with Gasteiger partial charge >= 0.3 is 0 Å². The fraction of sp³-hybridized carbons (Fsp3) is 0.417. The van der Waals surface area contributed by atoms with Gasteiger partial charge in [-0.25, -0.2) is 0 Å². The van der Waals surface area contributed by atoms with Crippen LogP contribution in [0, 0.1) is 0 Å². The van der Waals surface area contributed by atoms with Crippen molar-refractivity contribution in [2.24, 2.45) is 0 Å². The fourth-order valence-electron chi connectivity index (χ4n) is 1.94. The van der Waals surface area contributed by atoms with Crippen LogP contribution >= 0.6 is 12.2 Å². The van der Waals surface area contributed by atoms with E-state index in [2.05, 4.69) is 17.4 Å². The average molecular weight is 221 g/mol. The van der Waals surface area contributed by atoms with E-state index in [9.17, 15) is 0 Å². The zero-order valence-corrected chi connectivity index (χ0v) is 9.64. The lowest BCUT2D eigenvalue weighted by Crippen LogP contribution is -2.51. The first kappa shape index (κ1) is 10.7. The maximum absolute atomic E-state index is 5.91. The first-order valence-electron chi connectivity index (χ1n) is 5.17. The van der Waals surface area contributed by atoms with Gasteiger partial charge in [-0.2, -0.15) is 0 Å².